The highest BCUT2D eigenvalue weighted by Crippen LogP contribution is 2.42. The van der Waals surface area contributed by atoms with Crippen molar-refractivity contribution in [3.05, 3.63) is 0 Å². The Morgan fingerprint density at radius 3 is 2.68 bits per heavy atom. The number of hydrogen-bond acceptors (Lipinski definition) is 2. The second kappa shape index (κ2) is 6.58. The fourth-order valence-corrected chi connectivity index (χ4v) is 4.36. The largest absolute Gasteiger partial charge is 0.313 e. The molecule has 0 radical (unpaired) electrons. The van der Waals surface area contributed by atoms with Crippen molar-refractivity contribution in [2.24, 2.45) is 11.3 Å². The van der Waals surface area contributed by atoms with Crippen molar-refractivity contribution in [1.29, 1.82) is 0 Å². The van der Waals surface area contributed by atoms with Crippen molar-refractivity contribution in [1.82, 2.24) is 10.2 Å². The summed E-state index contributed by atoms with van der Waals surface area (Å²) in [6.07, 6.45) is 8.25. The van der Waals surface area contributed by atoms with Gasteiger partial charge in [0.1, 0.15) is 0 Å². The second-order valence-corrected chi connectivity index (χ2v) is 7.42. The molecule has 0 spiro atoms. The molecule has 1 N–H and O–H groups in total. The van der Waals surface area contributed by atoms with Crippen molar-refractivity contribution >= 4 is 0 Å². The summed E-state index contributed by atoms with van der Waals surface area (Å²) in [7, 11) is 0. The van der Waals surface area contributed by atoms with E-state index >= 15 is 0 Å². The van der Waals surface area contributed by atoms with Crippen LogP contribution in [0.1, 0.15) is 66.2 Å². The van der Waals surface area contributed by atoms with Crippen LogP contribution in [0.3, 0.4) is 0 Å². The average molecular weight is 266 g/mol. The van der Waals surface area contributed by atoms with Gasteiger partial charge in [-0.25, -0.2) is 0 Å². The molecular formula is C17H34N2. The van der Waals surface area contributed by atoms with Crippen LogP contribution in [0.2, 0.25) is 0 Å². The van der Waals surface area contributed by atoms with Crippen LogP contribution >= 0.6 is 0 Å². The normalized spacial score (nSPS) is 35.1. The molecule has 1 saturated carbocycles. The maximum Gasteiger partial charge on any atom is 0.0159 e. The quantitative estimate of drug-likeness (QED) is 0.789. The van der Waals surface area contributed by atoms with E-state index in [0.29, 0.717) is 5.41 Å². The molecule has 1 aliphatic carbocycles. The Hall–Kier alpha value is -0.0800. The first kappa shape index (κ1) is 15.3. The molecule has 1 saturated heterocycles. The molecule has 3 unspecified atom stereocenters. The van der Waals surface area contributed by atoms with Gasteiger partial charge in [-0.3, -0.25) is 0 Å². The molecule has 2 aliphatic rings. The van der Waals surface area contributed by atoms with Crippen LogP contribution in [0.15, 0.2) is 0 Å². The molecule has 0 bridgehead atoms. The molecule has 2 rings (SSSR count). The monoisotopic (exact) mass is 266 g/mol. The molecule has 2 fully saturated rings. The first-order valence-corrected chi connectivity index (χ1v) is 8.56. The third-order valence-electron chi connectivity index (χ3n) is 5.53. The van der Waals surface area contributed by atoms with E-state index in [-0.39, 0.29) is 0 Å². The summed E-state index contributed by atoms with van der Waals surface area (Å²) in [6.45, 7) is 13.4. The summed E-state index contributed by atoms with van der Waals surface area (Å²) in [4.78, 5) is 2.78. The number of rotatable bonds is 6. The van der Waals surface area contributed by atoms with Gasteiger partial charge in [0.05, 0.1) is 0 Å². The number of nitrogens with one attached hydrogen (secondary N) is 1. The first-order valence-electron chi connectivity index (χ1n) is 8.56. The molecular weight excluding hydrogens is 232 g/mol. The SMILES string of the molecule is CCCNC1C(CN2CCCC2CC)CCC1(C)C. The van der Waals surface area contributed by atoms with Gasteiger partial charge in [0.15, 0.2) is 0 Å². The minimum Gasteiger partial charge on any atom is -0.313 e. The van der Waals surface area contributed by atoms with Gasteiger partial charge < -0.3 is 10.2 Å². The maximum absolute atomic E-state index is 3.85. The van der Waals surface area contributed by atoms with E-state index in [4.69, 9.17) is 0 Å². The third-order valence-corrected chi connectivity index (χ3v) is 5.53. The summed E-state index contributed by atoms with van der Waals surface area (Å²) in [6, 6.07) is 1.60. The zero-order chi connectivity index (χ0) is 13.9. The number of nitrogens with zero attached hydrogens (tertiary/aromatic N) is 1. The van der Waals surface area contributed by atoms with E-state index < -0.39 is 0 Å². The van der Waals surface area contributed by atoms with Gasteiger partial charge in [0.25, 0.3) is 0 Å². The Labute approximate surface area is 120 Å². The van der Waals surface area contributed by atoms with Crippen LogP contribution in [0.25, 0.3) is 0 Å². The van der Waals surface area contributed by atoms with Gasteiger partial charge in [0, 0.05) is 18.6 Å². The molecule has 0 amide bonds. The number of hydrogen-bond donors (Lipinski definition) is 1. The van der Waals surface area contributed by atoms with E-state index in [0.717, 1.165) is 18.0 Å². The molecule has 3 atom stereocenters. The molecule has 0 aromatic carbocycles. The zero-order valence-corrected chi connectivity index (χ0v) is 13.5. The van der Waals surface area contributed by atoms with Crippen LogP contribution in [0.5, 0.6) is 0 Å². The van der Waals surface area contributed by atoms with Crippen molar-refractivity contribution in [3.8, 4) is 0 Å². The Balaban J connectivity index is 1.94. The van der Waals surface area contributed by atoms with Gasteiger partial charge in [-0.1, -0.05) is 27.7 Å². The zero-order valence-electron chi connectivity index (χ0n) is 13.5. The molecule has 1 heterocycles. The van der Waals surface area contributed by atoms with Gasteiger partial charge in [-0.2, -0.15) is 0 Å². The molecule has 19 heavy (non-hydrogen) atoms. The summed E-state index contributed by atoms with van der Waals surface area (Å²) in [5.41, 5.74) is 0.487. The lowest BCUT2D eigenvalue weighted by molar-refractivity contribution is 0.171. The van der Waals surface area contributed by atoms with Crippen molar-refractivity contribution in [2.45, 2.75) is 78.3 Å². The van der Waals surface area contributed by atoms with E-state index in [1.807, 2.05) is 0 Å². The molecule has 2 nitrogen and oxygen atoms in total. The van der Waals surface area contributed by atoms with E-state index in [1.165, 1.54) is 58.2 Å². The summed E-state index contributed by atoms with van der Waals surface area (Å²) >= 11 is 0. The standard InChI is InChI=1S/C17H34N2/c1-5-11-18-16-14(9-10-17(16,3)4)13-19-12-7-8-15(19)6-2/h14-16,18H,5-13H2,1-4H3. The lowest BCUT2D eigenvalue weighted by atomic mass is 9.84. The lowest BCUT2D eigenvalue weighted by Gasteiger charge is -2.35. The second-order valence-electron chi connectivity index (χ2n) is 7.42. The lowest BCUT2D eigenvalue weighted by Crippen LogP contribution is -2.46. The first-order chi connectivity index (χ1) is 9.08. The van der Waals surface area contributed by atoms with E-state index in [1.54, 1.807) is 0 Å². The summed E-state index contributed by atoms with van der Waals surface area (Å²) in [5, 5.41) is 3.85. The highest BCUT2D eigenvalue weighted by atomic mass is 15.2. The Morgan fingerprint density at radius 1 is 1.21 bits per heavy atom. The van der Waals surface area contributed by atoms with Gasteiger partial charge >= 0.3 is 0 Å². The van der Waals surface area contributed by atoms with Crippen LogP contribution in [0, 0.1) is 11.3 Å². The van der Waals surface area contributed by atoms with E-state index in [2.05, 4.69) is 37.9 Å². The summed E-state index contributed by atoms with van der Waals surface area (Å²) < 4.78 is 0. The minimum atomic E-state index is 0.487. The van der Waals surface area contributed by atoms with Crippen LogP contribution in [-0.2, 0) is 0 Å². The van der Waals surface area contributed by atoms with Crippen LogP contribution in [0.4, 0.5) is 0 Å². The van der Waals surface area contributed by atoms with Gasteiger partial charge in [0.2, 0.25) is 0 Å². The van der Waals surface area contributed by atoms with Crippen molar-refractivity contribution in [2.75, 3.05) is 19.6 Å². The predicted molar refractivity (Wildman–Crippen MR) is 83.5 cm³/mol. The molecule has 0 aromatic rings. The summed E-state index contributed by atoms with van der Waals surface area (Å²) in [5.74, 6) is 0.869. The Kier molecular flexibility index (Phi) is 5.30. The topological polar surface area (TPSA) is 15.3 Å². The average Bonchev–Trinajstić information content (AvgIpc) is 2.93. The minimum absolute atomic E-state index is 0.487. The predicted octanol–water partition coefficient (Wildman–Crippen LogP) is 3.67. The fourth-order valence-electron chi connectivity index (χ4n) is 4.36. The van der Waals surface area contributed by atoms with E-state index in [9.17, 15) is 0 Å². The smallest absolute Gasteiger partial charge is 0.0159 e. The Bertz CT molecular complexity index is 274. The maximum atomic E-state index is 3.85. The van der Waals surface area contributed by atoms with Crippen molar-refractivity contribution in [3.63, 3.8) is 0 Å². The Morgan fingerprint density at radius 2 is 2.00 bits per heavy atom. The van der Waals surface area contributed by atoms with Crippen molar-refractivity contribution < 1.29 is 0 Å². The van der Waals surface area contributed by atoms with Crippen LogP contribution < -0.4 is 5.32 Å². The molecule has 2 heteroatoms. The highest BCUT2D eigenvalue weighted by molar-refractivity contribution is 4.98. The molecule has 112 valence electrons. The van der Waals surface area contributed by atoms with Gasteiger partial charge in [-0.15, -0.1) is 0 Å². The number of likely N-dealkylation sites (tertiary alicyclic amines) is 1. The molecule has 1 aliphatic heterocycles. The highest BCUT2D eigenvalue weighted by Gasteiger charge is 2.42. The third kappa shape index (κ3) is 3.52. The molecule has 0 aromatic heterocycles. The fraction of sp³-hybridized carbons (Fsp3) is 1.00. The van der Waals surface area contributed by atoms with Crippen LogP contribution in [-0.4, -0.2) is 36.6 Å². The van der Waals surface area contributed by atoms with Gasteiger partial charge in [-0.05, 0) is 62.9 Å².